The van der Waals surface area contributed by atoms with Crippen molar-refractivity contribution >= 4 is 45.7 Å². The summed E-state index contributed by atoms with van der Waals surface area (Å²) < 4.78 is 5.17. The SMILES string of the molecule is COc1ccc(C(=O)N2CCN(c3nc(C)nc4sc(C)c(C)c34)CC2)cc1.Cl. The van der Waals surface area contributed by atoms with Crippen LogP contribution >= 0.6 is 23.7 Å². The quantitative estimate of drug-likeness (QED) is 0.625. The first kappa shape index (κ1) is 21.3. The van der Waals surface area contributed by atoms with Gasteiger partial charge in [-0.05, 0) is 50.6 Å². The number of aryl methyl sites for hydroxylation is 3. The summed E-state index contributed by atoms with van der Waals surface area (Å²) in [4.78, 5) is 28.7. The topological polar surface area (TPSA) is 58.6 Å². The minimum Gasteiger partial charge on any atom is -0.497 e. The van der Waals surface area contributed by atoms with Gasteiger partial charge in [-0.25, -0.2) is 9.97 Å². The Kier molecular flexibility index (Phi) is 6.29. The first-order valence-electron chi connectivity index (χ1n) is 9.40. The van der Waals surface area contributed by atoms with Crippen LogP contribution in [0.4, 0.5) is 5.82 Å². The molecule has 0 radical (unpaired) electrons. The van der Waals surface area contributed by atoms with Gasteiger partial charge in [-0.15, -0.1) is 23.7 Å². The highest BCUT2D eigenvalue weighted by atomic mass is 35.5. The van der Waals surface area contributed by atoms with Gasteiger partial charge in [-0.3, -0.25) is 4.79 Å². The Hall–Kier alpha value is -2.38. The van der Waals surface area contributed by atoms with Gasteiger partial charge in [0.15, 0.2) is 0 Å². The van der Waals surface area contributed by atoms with Crippen molar-refractivity contribution < 1.29 is 9.53 Å². The molecule has 154 valence electrons. The maximum absolute atomic E-state index is 12.8. The van der Waals surface area contributed by atoms with Gasteiger partial charge >= 0.3 is 0 Å². The number of ether oxygens (including phenoxy) is 1. The molecule has 0 aliphatic carbocycles. The van der Waals surface area contributed by atoms with Crippen LogP contribution in [0.1, 0.15) is 26.6 Å². The van der Waals surface area contributed by atoms with E-state index in [0.717, 1.165) is 40.7 Å². The summed E-state index contributed by atoms with van der Waals surface area (Å²) in [6.07, 6.45) is 0. The highest BCUT2D eigenvalue weighted by molar-refractivity contribution is 7.18. The van der Waals surface area contributed by atoms with Crippen LogP contribution in [0.15, 0.2) is 24.3 Å². The van der Waals surface area contributed by atoms with Crippen molar-refractivity contribution in [3.05, 3.63) is 46.1 Å². The second-order valence-electron chi connectivity index (χ2n) is 7.07. The lowest BCUT2D eigenvalue weighted by molar-refractivity contribution is 0.0746. The minimum absolute atomic E-state index is 0. The molecule has 3 aromatic rings. The number of hydrogen-bond donors (Lipinski definition) is 0. The number of anilines is 1. The molecule has 0 N–H and O–H groups in total. The zero-order valence-corrected chi connectivity index (χ0v) is 18.7. The van der Waals surface area contributed by atoms with Crippen LogP contribution in [0.25, 0.3) is 10.2 Å². The molecule has 0 spiro atoms. The maximum atomic E-state index is 12.8. The zero-order valence-electron chi connectivity index (χ0n) is 17.1. The first-order valence-corrected chi connectivity index (χ1v) is 10.2. The molecule has 1 aliphatic heterocycles. The molecule has 0 bridgehead atoms. The number of fused-ring (bicyclic) bond motifs is 1. The Morgan fingerprint density at radius 3 is 2.31 bits per heavy atom. The van der Waals surface area contributed by atoms with Crippen LogP contribution < -0.4 is 9.64 Å². The predicted octanol–water partition coefficient (Wildman–Crippen LogP) is 4.01. The van der Waals surface area contributed by atoms with E-state index in [1.807, 2.05) is 36.1 Å². The van der Waals surface area contributed by atoms with Gasteiger partial charge in [0.1, 0.15) is 22.2 Å². The van der Waals surface area contributed by atoms with E-state index in [4.69, 9.17) is 9.72 Å². The summed E-state index contributed by atoms with van der Waals surface area (Å²) in [6, 6.07) is 7.29. The van der Waals surface area contributed by atoms with E-state index >= 15 is 0 Å². The number of methoxy groups -OCH3 is 1. The number of amides is 1. The molecule has 1 aromatic carbocycles. The zero-order chi connectivity index (χ0) is 19.8. The van der Waals surface area contributed by atoms with Crippen molar-refractivity contribution in [1.29, 1.82) is 0 Å². The number of carbonyl (C=O) groups excluding carboxylic acids is 1. The molecule has 0 atom stereocenters. The monoisotopic (exact) mass is 432 g/mol. The average molecular weight is 433 g/mol. The molecular formula is C21H25ClN4O2S. The third-order valence-electron chi connectivity index (χ3n) is 5.32. The van der Waals surface area contributed by atoms with E-state index in [-0.39, 0.29) is 18.3 Å². The van der Waals surface area contributed by atoms with E-state index in [1.54, 1.807) is 18.4 Å². The molecule has 4 rings (SSSR count). The Balaban J connectivity index is 0.00000240. The fraction of sp³-hybridized carbons (Fsp3) is 0.381. The van der Waals surface area contributed by atoms with Crippen molar-refractivity contribution in [3.8, 4) is 5.75 Å². The van der Waals surface area contributed by atoms with Crippen molar-refractivity contribution in [2.75, 3.05) is 38.2 Å². The molecule has 3 heterocycles. The van der Waals surface area contributed by atoms with Gasteiger partial charge in [0, 0.05) is 36.6 Å². The molecule has 1 fully saturated rings. The number of halogens is 1. The lowest BCUT2D eigenvalue weighted by atomic mass is 10.1. The van der Waals surface area contributed by atoms with E-state index < -0.39 is 0 Å². The fourth-order valence-electron chi connectivity index (χ4n) is 3.60. The number of rotatable bonds is 3. The number of thiophene rings is 1. The molecular weight excluding hydrogens is 408 g/mol. The first-order chi connectivity index (χ1) is 13.5. The largest absolute Gasteiger partial charge is 0.497 e. The highest BCUT2D eigenvalue weighted by Gasteiger charge is 2.25. The number of benzene rings is 1. The van der Waals surface area contributed by atoms with Gasteiger partial charge in [0.25, 0.3) is 5.91 Å². The van der Waals surface area contributed by atoms with Gasteiger partial charge in [0.2, 0.25) is 0 Å². The summed E-state index contributed by atoms with van der Waals surface area (Å²) in [6.45, 7) is 9.10. The smallest absolute Gasteiger partial charge is 0.253 e. The normalized spacial score (nSPS) is 14.1. The number of carbonyl (C=O) groups is 1. The Morgan fingerprint density at radius 2 is 1.69 bits per heavy atom. The highest BCUT2D eigenvalue weighted by Crippen LogP contribution is 2.35. The fourth-order valence-corrected chi connectivity index (χ4v) is 4.67. The third kappa shape index (κ3) is 4.02. The van der Waals surface area contributed by atoms with Crippen LogP contribution in [0, 0.1) is 20.8 Å². The molecule has 0 saturated carbocycles. The summed E-state index contributed by atoms with van der Waals surface area (Å²) in [5.41, 5.74) is 1.95. The lowest BCUT2D eigenvalue weighted by Gasteiger charge is -2.36. The van der Waals surface area contributed by atoms with E-state index in [0.29, 0.717) is 18.7 Å². The number of aromatic nitrogens is 2. The van der Waals surface area contributed by atoms with Crippen LogP contribution in [0.5, 0.6) is 5.75 Å². The van der Waals surface area contributed by atoms with E-state index in [9.17, 15) is 4.79 Å². The molecule has 0 unspecified atom stereocenters. The third-order valence-corrected chi connectivity index (χ3v) is 6.43. The lowest BCUT2D eigenvalue weighted by Crippen LogP contribution is -2.49. The summed E-state index contributed by atoms with van der Waals surface area (Å²) in [7, 11) is 1.62. The standard InChI is InChI=1S/C21H24N4O2S.ClH/c1-13-14(2)28-20-18(13)19(22-15(3)23-20)24-9-11-25(12-10-24)21(26)16-5-7-17(27-4)8-6-16;/h5-8H,9-12H2,1-4H3;1H. The Labute approximate surface area is 180 Å². The van der Waals surface area contributed by atoms with Crippen molar-refractivity contribution in [2.24, 2.45) is 0 Å². The number of hydrogen-bond acceptors (Lipinski definition) is 6. The van der Waals surface area contributed by atoms with E-state index in [1.165, 1.54) is 10.4 Å². The van der Waals surface area contributed by atoms with Crippen LogP contribution in [-0.4, -0.2) is 54.1 Å². The number of piperazine rings is 1. The number of nitrogens with zero attached hydrogens (tertiary/aromatic N) is 4. The van der Waals surface area contributed by atoms with Gasteiger partial charge in [0.05, 0.1) is 12.5 Å². The summed E-state index contributed by atoms with van der Waals surface area (Å²) in [5.74, 6) is 2.61. The molecule has 1 amide bonds. The molecule has 29 heavy (non-hydrogen) atoms. The second kappa shape index (κ2) is 8.55. The van der Waals surface area contributed by atoms with Gasteiger partial charge < -0.3 is 14.5 Å². The maximum Gasteiger partial charge on any atom is 0.253 e. The van der Waals surface area contributed by atoms with E-state index in [2.05, 4.69) is 23.7 Å². The molecule has 2 aromatic heterocycles. The van der Waals surface area contributed by atoms with Crippen molar-refractivity contribution in [1.82, 2.24) is 14.9 Å². The molecule has 1 saturated heterocycles. The molecule has 1 aliphatic rings. The van der Waals surface area contributed by atoms with Crippen LogP contribution in [0.3, 0.4) is 0 Å². The minimum atomic E-state index is 0. The molecule has 8 heteroatoms. The van der Waals surface area contributed by atoms with Crippen molar-refractivity contribution in [2.45, 2.75) is 20.8 Å². The van der Waals surface area contributed by atoms with Crippen molar-refractivity contribution in [3.63, 3.8) is 0 Å². The Morgan fingerprint density at radius 1 is 1.03 bits per heavy atom. The Bertz CT molecular complexity index is 1030. The summed E-state index contributed by atoms with van der Waals surface area (Å²) >= 11 is 1.72. The van der Waals surface area contributed by atoms with Crippen LogP contribution in [-0.2, 0) is 0 Å². The summed E-state index contributed by atoms with van der Waals surface area (Å²) in [5, 5.41) is 1.16. The second-order valence-corrected chi connectivity index (χ2v) is 8.27. The van der Waals surface area contributed by atoms with Crippen LogP contribution in [0.2, 0.25) is 0 Å². The van der Waals surface area contributed by atoms with Gasteiger partial charge in [-0.2, -0.15) is 0 Å². The molecule has 6 nitrogen and oxygen atoms in total. The average Bonchev–Trinajstić information content (AvgIpc) is 3.00. The predicted molar refractivity (Wildman–Crippen MR) is 120 cm³/mol. The van der Waals surface area contributed by atoms with Gasteiger partial charge in [-0.1, -0.05) is 0 Å².